The zero-order chi connectivity index (χ0) is 19.6. The van der Waals surface area contributed by atoms with E-state index in [1.54, 1.807) is 0 Å². The van der Waals surface area contributed by atoms with Crippen LogP contribution < -0.4 is 16.8 Å². The van der Waals surface area contributed by atoms with Crippen molar-refractivity contribution in [3.05, 3.63) is 29.8 Å². The minimum Gasteiger partial charge on any atom is -0.450 e. The van der Waals surface area contributed by atoms with Crippen molar-refractivity contribution in [1.82, 2.24) is 11.5 Å². The van der Waals surface area contributed by atoms with Crippen molar-refractivity contribution in [3.8, 4) is 0 Å². The third-order valence-corrected chi connectivity index (χ3v) is 2.50. The van der Waals surface area contributed by atoms with E-state index in [-0.39, 0.29) is 18.5 Å². The predicted molar refractivity (Wildman–Crippen MR) is 82.5 cm³/mol. The lowest BCUT2D eigenvalue weighted by molar-refractivity contribution is -0.133. The van der Waals surface area contributed by atoms with Crippen LogP contribution in [-0.4, -0.2) is 50.6 Å². The summed E-state index contributed by atoms with van der Waals surface area (Å²) >= 11 is 0. The predicted octanol–water partition coefficient (Wildman–Crippen LogP) is 1.79. The van der Waals surface area contributed by atoms with Crippen LogP contribution in [0.25, 0.3) is 0 Å². The second kappa shape index (κ2) is 12.0. The number of hydrogen-bond donors (Lipinski definition) is 7. The molecule has 1 saturated heterocycles. The second-order valence-electron chi connectivity index (χ2n) is 4.34. The fourth-order valence-corrected chi connectivity index (χ4v) is 1.62. The van der Waals surface area contributed by atoms with E-state index in [4.69, 9.17) is 30.0 Å². The van der Waals surface area contributed by atoms with Crippen LogP contribution in [0.5, 0.6) is 0 Å². The van der Waals surface area contributed by atoms with Gasteiger partial charge in [0.25, 0.3) is 0 Å². The Balaban J connectivity index is 0. The van der Waals surface area contributed by atoms with Crippen molar-refractivity contribution in [2.45, 2.75) is 18.9 Å². The van der Waals surface area contributed by atoms with Gasteiger partial charge in [-0.2, -0.15) is 0 Å². The second-order valence-corrected chi connectivity index (χ2v) is 4.34. The number of piperidine rings is 1. The highest BCUT2D eigenvalue weighted by Crippen LogP contribution is 2.16. The molecule has 1 heterocycles. The lowest BCUT2D eigenvalue weighted by Gasteiger charge is -2.22. The number of halogens is 2. The fraction of sp³-hybridized carbons (Fsp3) is 0.231. The smallest absolute Gasteiger partial charge is 0.450 e. The summed E-state index contributed by atoms with van der Waals surface area (Å²) < 4.78 is 25.6. The van der Waals surface area contributed by atoms with Crippen LogP contribution in [0, 0.1) is 11.6 Å². The van der Waals surface area contributed by atoms with Crippen LogP contribution in [0.3, 0.4) is 0 Å². The van der Waals surface area contributed by atoms with Crippen molar-refractivity contribution in [1.29, 1.82) is 0 Å². The first-order valence-electron chi connectivity index (χ1n) is 6.42. The molecule has 0 aromatic heterocycles. The number of anilines is 1. The van der Waals surface area contributed by atoms with Gasteiger partial charge in [-0.05, 0) is 18.6 Å². The molecule has 0 spiro atoms. The summed E-state index contributed by atoms with van der Waals surface area (Å²) in [5.74, 6) is -2.70. The number of benzene rings is 1. The molecule has 1 aliphatic heterocycles. The molecule has 13 heteroatoms. The molecular weight excluding hydrogens is 364 g/mol. The first-order chi connectivity index (χ1) is 11.5. The zero-order valence-corrected chi connectivity index (χ0v) is 13.1. The van der Waals surface area contributed by atoms with Gasteiger partial charge in [-0.15, -0.1) is 0 Å². The van der Waals surface area contributed by atoms with Crippen molar-refractivity contribution >= 4 is 29.8 Å². The summed E-state index contributed by atoms with van der Waals surface area (Å²) in [6.45, 7) is 0. The van der Waals surface area contributed by atoms with E-state index in [1.807, 2.05) is 0 Å². The topological polar surface area (TPSA) is 208 Å². The van der Waals surface area contributed by atoms with Gasteiger partial charge in [0.2, 0.25) is 11.8 Å². The standard InChI is InChI=1S/C11H10F2N2O2.2CH2O3.H3N/c12-7-2-1-6(5-8(7)13)14-9-3-4-10(16)15-11(9)17;2*2-1(3)4;/h1-2,5,9,14H,3-4H2,(H,15,16,17);2*(H2,2,3,4);1H3. The number of hydrogen-bond acceptors (Lipinski definition) is 6. The highest BCUT2D eigenvalue weighted by atomic mass is 19.2. The van der Waals surface area contributed by atoms with Gasteiger partial charge in [-0.25, -0.2) is 18.4 Å². The molecule has 1 aromatic carbocycles. The van der Waals surface area contributed by atoms with Crippen LogP contribution in [0.4, 0.5) is 24.1 Å². The molecule has 0 aliphatic carbocycles. The molecular formula is C13H17F2N3O8. The molecule has 2 amide bonds. The van der Waals surface area contributed by atoms with E-state index in [0.717, 1.165) is 12.1 Å². The molecule has 1 unspecified atom stereocenters. The molecule has 1 atom stereocenters. The molecule has 26 heavy (non-hydrogen) atoms. The Labute approximate surface area is 144 Å². The van der Waals surface area contributed by atoms with Crippen molar-refractivity contribution in [2.24, 2.45) is 0 Å². The van der Waals surface area contributed by atoms with Crippen LogP contribution in [-0.2, 0) is 9.59 Å². The van der Waals surface area contributed by atoms with E-state index >= 15 is 0 Å². The number of imide groups is 1. The summed E-state index contributed by atoms with van der Waals surface area (Å²) in [5, 5.41) is 32.8. The number of carboxylic acid groups (broad SMARTS) is 4. The first kappa shape index (κ1) is 24.8. The molecule has 2 rings (SSSR count). The van der Waals surface area contributed by atoms with Gasteiger partial charge in [0.05, 0.1) is 0 Å². The van der Waals surface area contributed by atoms with Gasteiger partial charge in [0, 0.05) is 18.2 Å². The van der Waals surface area contributed by atoms with Gasteiger partial charge in [0.15, 0.2) is 11.6 Å². The Kier molecular flexibility index (Phi) is 11.4. The average Bonchev–Trinajstić information content (AvgIpc) is 2.45. The van der Waals surface area contributed by atoms with E-state index in [0.29, 0.717) is 12.1 Å². The normalized spacial score (nSPS) is 14.9. The minimum absolute atomic E-state index is 0. The first-order valence-corrected chi connectivity index (χ1v) is 6.42. The Bertz CT molecular complexity index is 636. The molecule has 146 valence electrons. The zero-order valence-electron chi connectivity index (χ0n) is 13.1. The fourth-order valence-electron chi connectivity index (χ4n) is 1.62. The Morgan fingerprint density at radius 1 is 1.04 bits per heavy atom. The molecule has 1 aromatic rings. The van der Waals surface area contributed by atoms with E-state index in [2.05, 4.69) is 10.6 Å². The van der Waals surface area contributed by atoms with Crippen LogP contribution in [0.2, 0.25) is 0 Å². The SMILES string of the molecule is N.O=C(O)O.O=C(O)O.O=C1CCC(Nc2ccc(F)c(F)c2)C(=O)N1. The summed E-state index contributed by atoms with van der Waals surface area (Å²) in [6.07, 6.45) is -3.10. The lowest BCUT2D eigenvalue weighted by Crippen LogP contribution is -2.47. The molecule has 0 bridgehead atoms. The van der Waals surface area contributed by atoms with Crippen molar-refractivity contribution in [3.63, 3.8) is 0 Å². The van der Waals surface area contributed by atoms with E-state index in [9.17, 15) is 18.4 Å². The molecule has 11 nitrogen and oxygen atoms in total. The maximum atomic E-state index is 12.9. The number of amides is 2. The Morgan fingerprint density at radius 2 is 1.54 bits per heavy atom. The highest BCUT2D eigenvalue weighted by Gasteiger charge is 2.26. The number of nitrogens with one attached hydrogen (secondary N) is 2. The molecule has 1 aliphatic rings. The summed E-state index contributed by atoms with van der Waals surface area (Å²) in [6, 6.07) is 2.68. The molecule has 0 radical (unpaired) electrons. The molecule has 1 fully saturated rings. The Morgan fingerprint density at radius 3 is 1.96 bits per heavy atom. The number of carbonyl (C=O) groups is 4. The van der Waals surface area contributed by atoms with E-state index in [1.165, 1.54) is 6.07 Å². The van der Waals surface area contributed by atoms with E-state index < -0.39 is 35.9 Å². The average molecular weight is 381 g/mol. The van der Waals surface area contributed by atoms with Gasteiger partial charge >= 0.3 is 12.3 Å². The third kappa shape index (κ3) is 11.1. The van der Waals surface area contributed by atoms with Gasteiger partial charge < -0.3 is 31.9 Å². The van der Waals surface area contributed by atoms with Crippen molar-refractivity contribution in [2.75, 3.05) is 5.32 Å². The highest BCUT2D eigenvalue weighted by molar-refractivity contribution is 6.01. The number of rotatable bonds is 2. The lowest BCUT2D eigenvalue weighted by atomic mass is 10.1. The quantitative estimate of drug-likeness (QED) is 0.369. The van der Waals surface area contributed by atoms with Gasteiger partial charge in [-0.1, -0.05) is 0 Å². The molecule has 0 saturated carbocycles. The summed E-state index contributed by atoms with van der Waals surface area (Å²) in [7, 11) is 0. The largest absolute Gasteiger partial charge is 0.503 e. The summed E-state index contributed by atoms with van der Waals surface area (Å²) in [5.41, 5.74) is 0.304. The Hall–Kier alpha value is -3.48. The van der Waals surface area contributed by atoms with Gasteiger partial charge in [0.1, 0.15) is 6.04 Å². The minimum atomic E-state index is -1.83. The monoisotopic (exact) mass is 381 g/mol. The van der Waals surface area contributed by atoms with Crippen LogP contribution >= 0.6 is 0 Å². The van der Waals surface area contributed by atoms with Crippen molar-refractivity contribution < 1.29 is 48.4 Å². The van der Waals surface area contributed by atoms with Crippen LogP contribution in [0.1, 0.15) is 12.8 Å². The molecule has 9 N–H and O–H groups in total. The van der Waals surface area contributed by atoms with Gasteiger partial charge in [-0.3, -0.25) is 14.9 Å². The maximum Gasteiger partial charge on any atom is 0.503 e. The maximum absolute atomic E-state index is 12.9. The number of carbonyl (C=O) groups excluding carboxylic acids is 2. The summed E-state index contributed by atoms with van der Waals surface area (Å²) in [4.78, 5) is 39.4. The van der Waals surface area contributed by atoms with Crippen LogP contribution in [0.15, 0.2) is 18.2 Å². The third-order valence-electron chi connectivity index (χ3n) is 2.50.